The van der Waals surface area contributed by atoms with E-state index in [0.717, 1.165) is 5.56 Å². The molecule has 0 aromatic heterocycles. The Morgan fingerprint density at radius 1 is 1.12 bits per heavy atom. The summed E-state index contributed by atoms with van der Waals surface area (Å²) in [7, 11) is -1.98. The Kier molecular flexibility index (Phi) is 7.41. The summed E-state index contributed by atoms with van der Waals surface area (Å²) in [5, 5.41) is 12.0. The number of carbonyl (C=O) groups excluding carboxylic acids is 1. The van der Waals surface area contributed by atoms with Crippen LogP contribution in [0.25, 0.3) is 0 Å². The van der Waals surface area contributed by atoms with Gasteiger partial charge in [-0.05, 0) is 30.6 Å². The molecule has 1 rings (SSSR count). The van der Waals surface area contributed by atoms with Gasteiger partial charge in [-0.3, -0.25) is 0 Å². The molecule has 6 nitrogen and oxygen atoms in total. The minimum Gasteiger partial charge on any atom is -0.480 e. The highest BCUT2D eigenvalue weighted by atomic mass is 28.4. The van der Waals surface area contributed by atoms with Crippen molar-refractivity contribution in [3.63, 3.8) is 0 Å². The van der Waals surface area contributed by atoms with E-state index in [1.807, 2.05) is 30.3 Å². The molecule has 146 valence electrons. The largest absolute Gasteiger partial charge is 0.480 e. The molecule has 2 N–H and O–H groups in total. The number of carboxylic acid groups (broad SMARTS) is 1. The van der Waals surface area contributed by atoms with Gasteiger partial charge >= 0.3 is 12.1 Å². The van der Waals surface area contributed by atoms with Crippen LogP contribution in [0, 0.1) is 0 Å². The van der Waals surface area contributed by atoms with Gasteiger partial charge < -0.3 is 19.6 Å². The fourth-order valence-electron chi connectivity index (χ4n) is 1.93. The SMILES string of the molecule is CC(CCO[Si](C)(C)C(C)(C)C)(NC(=O)OCc1ccccc1)C(=O)O. The van der Waals surface area contributed by atoms with Crippen molar-refractivity contribution in [3.05, 3.63) is 35.9 Å². The summed E-state index contributed by atoms with van der Waals surface area (Å²) in [5.41, 5.74) is -0.614. The van der Waals surface area contributed by atoms with E-state index >= 15 is 0 Å². The summed E-state index contributed by atoms with van der Waals surface area (Å²) in [6, 6.07) is 9.22. The Morgan fingerprint density at radius 3 is 2.19 bits per heavy atom. The number of aliphatic carboxylic acids is 1. The van der Waals surface area contributed by atoms with Crippen molar-refractivity contribution < 1.29 is 23.9 Å². The quantitative estimate of drug-likeness (QED) is 0.660. The highest BCUT2D eigenvalue weighted by Crippen LogP contribution is 2.36. The number of benzene rings is 1. The average Bonchev–Trinajstić information content (AvgIpc) is 2.52. The second-order valence-corrected chi connectivity index (χ2v) is 13.0. The van der Waals surface area contributed by atoms with E-state index in [0.29, 0.717) is 0 Å². The molecule has 1 aromatic rings. The van der Waals surface area contributed by atoms with E-state index < -0.39 is 25.9 Å². The van der Waals surface area contributed by atoms with Crippen LogP contribution in [-0.4, -0.2) is 37.6 Å². The van der Waals surface area contributed by atoms with Crippen LogP contribution in [0.4, 0.5) is 4.79 Å². The van der Waals surface area contributed by atoms with Crippen molar-refractivity contribution in [1.82, 2.24) is 5.32 Å². The highest BCUT2D eigenvalue weighted by Gasteiger charge is 2.39. The molecule has 0 aliphatic carbocycles. The third-order valence-corrected chi connectivity index (χ3v) is 9.47. The standard InChI is InChI=1S/C19H31NO5Si/c1-18(2,3)26(5,6)25-13-12-19(4,16(21)22)20-17(23)24-14-15-10-8-7-9-11-15/h7-11H,12-14H2,1-6H3,(H,20,23)(H,21,22). The van der Waals surface area contributed by atoms with E-state index in [-0.39, 0.29) is 24.7 Å². The molecule has 26 heavy (non-hydrogen) atoms. The molecule has 1 amide bonds. The summed E-state index contributed by atoms with van der Waals surface area (Å²) < 4.78 is 11.2. The molecule has 1 unspecified atom stereocenters. The molecule has 1 aromatic carbocycles. The van der Waals surface area contributed by atoms with E-state index in [1.54, 1.807) is 0 Å². The molecule has 1 atom stereocenters. The summed E-state index contributed by atoms with van der Waals surface area (Å²) >= 11 is 0. The number of ether oxygens (including phenoxy) is 1. The first-order valence-corrected chi connectivity index (χ1v) is 11.6. The summed E-state index contributed by atoms with van der Waals surface area (Å²) in [5.74, 6) is -1.12. The van der Waals surface area contributed by atoms with E-state index in [9.17, 15) is 14.7 Å². The van der Waals surface area contributed by atoms with Gasteiger partial charge in [0.2, 0.25) is 0 Å². The van der Waals surface area contributed by atoms with Crippen LogP contribution in [0.3, 0.4) is 0 Å². The third-order valence-electron chi connectivity index (χ3n) is 4.93. The number of rotatable bonds is 8. The number of amides is 1. The van der Waals surface area contributed by atoms with Crippen LogP contribution in [0.15, 0.2) is 30.3 Å². The number of carboxylic acids is 1. The maximum absolute atomic E-state index is 12.0. The Hall–Kier alpha value is -1.86. The molecule has 0 aliphatic rings. The molecule has 0 fully saturated rings. The van der Waals surface area contributed by atoms with Crippen molar-refractivity contribution >= 4 is 20.4 Å². The zero-order chi connectivity index (χ0) is 20.0. The van der Waals surface area contributed by atoms with Gasteiger partial charge in [-0.25, -0.2) is 9.59 Å². The molecule has 7 heteroatoms. The topological polar surface area (TPSA) is 84.9 Å². The first kappa shape index (κ1) is 22.2. The Bertz CT molecular complexity index is 612. The van der Waals surface area contributed by atoms with Crippen LogP contribution in [0.5, 0.6) is 0 Å². The van der Waals surface area contributed by atoms with Crippen molar-refractivity contribution in [1.29, 1.82) is 0 Å². The van der Waals surface area contributed by atoms with E-state index in [2.05, 4.69) is 39.2 Å². The van der Waals surface area contributed by atoms with Crippen LogP contribution in [0.1, 0.15) is 39.7 Å². The molecule has 0 saturated heterocycles. The van der Waals surface area contributed by atoms with Crippen molar-refractivity contribution in [2.24, 2.45) is 0 Å². The second-order valence-electron chi connectivity index (χ2n) is 8.18. The Balaban J connectivity index is 2.60. The molecular formula is C19H31NO5Si. The molecule has 0 bridgehead atoms. The summed E-state index contributed by atoms with van der Waals surface area (Å²) in [4.78, 5) is 23.7. The Labute approximate surface area is 157 Å². The predicted molar refractivity (Wildman–Crippen MR) is 104 cm³/mol. The van der Waals surface area contributed by atoms with Crippen LogP contribution in [-0.2, 0) is 20.6 Å². The molecular weight excluding hydrogens is 350 g/mol. The van der Waals surface area contributed by atoms with Crippen molar-refractivity contribution in [2.75, 3.05) is 6.61 Å². The van der Waals surface area contributed by atoms with Crippen molar-refractivity contribution in [2.45, 2.75) is 64.4 Å². The van der Waals surface area contributed by atoms with Gasteiger partial charge in [-0.15, -0.1) is 0 Å². The van der Waals surface area contributed by atoms with Gasteiger partial charge in [0, 0.05) is 13.0 Å². The van der Waals surface area contributed by atoms with Crippen LogP contribution in [0.2, 0.25) is 18.1 Å². The van der Waals surface area contributed by atoms with Gasteiger partial charge in [0.25, 0.3) is 0 Å². The minimum absolute atomic E-state index is 0.0364. The lowest BCUT2D eigenvalue weighted by molar-refractivity contribution is -0.144. The van der Waals surface area contributed by atoms with Crippen LogP contribution < -0.4 is 5.32 Å². The lowest BCUT2D eigenvalue weighted by atomic mass is 9.99. The van der Waals surface area contributed by atoms with Gasteiger partial charge in [-0.2, -0.15) is 0 Å². The van der Waals surface area contributed by atoms with Gasteiger partial charge in [-0.1, -0.05) is 51.1 Å². The fourth-order valence-corrected chi connectivity index (χ4v) is 2.98. The molecule has 0 saturated carbocycles. The fraction of sp³-hybridized carbons (Fsp3) is 0.579. The zero-order valence-electron chi connectivity index (χ0n) is 16.6. The normalized spacial score (nSPS) is 14.4. The first-order valence-electron chi connectivity index (χ1n) is 8.74. The molecule has 0 spiro atoms. The molecule has 0 heterocycles. The maximum atomic E-state index is 12.0. The third kappa shape index (κ3) is 6.46. The minimum atomic E-state index is -1.98. The monoisotopic (exact) mass is 381 g/mol. The average molecular weight is 382 g/mol. The van der Waals surface area contributed by atoms with Crippen molar-refractivity contribution in [3.8, 4) is 0 Å². The number of carbonyl (C=O) groups is 2. The molecule has 0 radical (unpaired) electrons. The lowest BCUT2D eigenvalue weighted by Gasteiger charge is -2.37. The Morgan fingerprint density at radius 2 is 1.69 bits per heavy atom. The summed E-state index contributed by atoms with van der Waals surface area (Å²) in [6.07, 6.45) is -0.596. The van der Waals surface area contributed by atoms with E-state index in [1.165, 1.54) is 6.92 Å². The number of nitrogens with one attached hydrogen (secondary N) is 1. The van der Waals surface area contributed by atoms with Crippen LogP contribution >= 0.6 is 0 Å². The highest BCUT2D eigenvalue weighted by molar-refractivity contribution is 6.74. The number of hydrogen-bond donors (Lipinski definition) is 2. The van der Waals surface area contributed by atoms with Gasteiger partial charge in [0.15, 0.2) is 8.32 Å². The number of hydrogen-bond acceptors (Lipinski definition) is 4. The van der Waals surface area contributed by atoms with E-state index in [4.69, 9.17) is 9.16 Å². The first-order chi connectivity index (χ1) is 11.9. The van der Waals surface area contributed by atoms with Gasteiger partial charge in [0.05, 0.1) is 0 Å². The molecule has 0 aliphatic heterocycles. The summed E-state index contributed by atoms with van der Waals surface area (Å²) in [6.45, 7) is 12.4. The maximum Gasteiger partial charge on any atom is 0.408 e. The predicted octanol–water partition coefficient (Wildman–Crippen LogP) is 4.17. The van der Waals surface area contributed by atoms with Gasteiger partial charge in [0.1, 0.15) is 12.1 Å². The smallest absolute Gasteiger partial charge is 0.408 e. The second kappa shape index (κ2) is 8.68. The number of alkyl carbamates (subject to hydrolysis) is 1. The lowest BCUT2D eigenvalue weighted by Crippen LogP contribution is -2.53. The zero-order valence-corrected chi connectivity index (χ0v) is 17.6.